The van der Waals surface area contributed by atoms with Gasteiger partial charge < -0.3 is 25.2 Å². The number of amides is 1. The van der Waals surface area contributed by atoms with E-state index in [1.807, 2.05) is 12.2 Å². The van der Waals surface area contributed by atoms with E-state index in [0.29, 0.717) is 19.3 Å². The predicted octanol–water partition coefficient (Wildman–Crippen LogP) is 8.77. The SMILES string of the molecule is CC/C=C\C/C=C\C/C=C\C/C=C\C/C=C\C/C=C\C/C=C\CCCC(=O)NC(COP(=O)(O)OCC(O)COC(=O)CCCCCCC)C(=O)O. The van der Waals surface area contributed by atoms with Crippen LogP contribution in [0.5, 0.6) is 0 Å². The second kappa shape index (κ2) is 34.7. The van der Waals surface area contributed by atoms with Crippen LogP contribution in [0.2, 0.25) is 0 Å². The topological polar surface area (TPSA) is 169 Å². The van der Waals surface area contributed by atoms with Crippen LogP contribution in [0.1, 0.15) is 117 Å². The normalized spacial score (nSPS) is 14.8. The van der Waals surface area contributed by atoms with Gasteiger partial charge in [0.1, 0.15) is 12.7 Å². The molecule has 0 aromatic carbocycles. The number of carboxylic acids is 1. The molecule has 12 heteroatoms. The zero-order valence-corrected chi connectivity index (χ0v) is 32.2. The number of ether oxygens (including phenoxy) is 1. The van der Waals surface area contributed by atoms with Crippen molar-refractivity contribution in [2.24, 2.45) is 0 Å². The van der Waals surface area contributed by atoms with Crippen molar-refractivity contribution in [1.82, 2.24) is 5.32 Å². The summed E-state index contributed by atoms with van der Waals surface area (Å²) in [5.41, 5.74) is 0. The summed E-state index contributed by atoms with van der Waals surface area (Å²) in [7, 11) is -4.76. The highest BCUT2D eigenvalue weighted by Crippen LogP contribution is 2.43. The number of aliphatic hydroxyl groups excluding tert-OH is 1. The lowest BCUT2D eigenvalue weighted by Gasteiger charge is -2.18. The number of unbranched alkanes of at least 4 members (excludes halogenated alkanes) is 5. The first-order valence-electron chi connectivity index (χ1n) is 18.6. The second-order valence-corrected chi connectivity index (χ2v) is 13.5. The number of hydrogen-bond donors (Lipinski definition) is 4. The van der Waals surface area contributed by atoms with Gasteiger partial charge in [0.15, 0.2) is 6.04 Å². The molecule has 4 N–H and O–H groups in total. The average molecular weight is 750 g/mol. The molecule has 0 bridgehead atoms. The number of hydrogen-bond acceptors (Lipinski definition) is 8. The van der Waals surface area contributed by atoms with Crippen LogP contribution in [-0.2, 0) is 32.7 Å². The minimum atomic E-state index is -4.76. The summed E-state index contributed by atoms with van der Waals surface area (Å²) in [6, 6.07) is -1.58. The number of carboxylic acid groups (broad SMARTS) is 1. The van der Waals surface area contributed by atoms with Gasteiger partial charge in [0, 0.05) is 12.8 Å². The number of aliphatic hydroxyl groups is 1. The van der Waals surface area contributed by atoms with E-state index in [0.717, 1.165) is 70.6 Å². The van der Waals surface area contributed by atoms with Crippen LogP contribution in [0.25, 0.3) is 0 Å². The lowest BCUT2D eigenvalue weighted by atomic mass is 10.1. The molecule has 294 valence electrons. The molecule has 11 nitrogen and oxygen atoms in total. The molecule has 1 amide bonds. The van der Waals surface area contributed by atoms with Crippen molar-refractivity contribution in [2.75, 3.05) is 19.8 Å². The van der Waals surface area contributed by atoms with Crippen LogP contribution in [0.3, 0.4) is 0 Å². The number of phosphoric ester groups is 1. The number of phosphoric acid groups is 1. The lowest BCUT2D eigenvalue weighted by molar-refractivity contribution is -0.147. The number of esters is 1. The Morgan fingerprint density at radius 2 is 1.12 bits per heavy atom. The van der Waals surface area contributed by atoms with Crippen LogP contribution in [-0.4, -0.2) is 64.9 Å². The van der Waals surface area contributed by atoms with Gasteiger partial charge in [-0.15, -0.1) is 0 Å². The Hall–Kier alpha value is -3.34. The molecular weight excluding hydrogens is 685 g/mol. The third kappa shape index (κ3) is 33.8. The van der Waals surface area contributed by atoms with E-state index in [4.69, 9.17) is 9.26 Å². The highest BCUT2D eigenvalue weighted by atomic mass is 31.2. The maximum absolute atomic E-state index is 12.2. The van der Waals surface area contributed by atoms with Crippen LogP contribution < -0.4 is 5.32 Å². The summed E-state index contributed by atoms with van der Waals surface area (Å²) in [5.74, 6) is -2.49. The zero-order valence-electron chi connectivity index (χ0n) is 31.3. The Morgan fingerprint density at radius 3 is 1.62 bits per heavy atom. The van der Waals surface area contributed by atoms with E-state index in [2.05, 4.69) is 96.6 Å². The third-order valence-electron chi connectivity index (χ3n) is 7.20. The van der Waals surface area contributed by atoms with Crippen LogP contribution in [0.15, 0.2) is 85.1 Å². The highest BCUT2D eigenvalue weighted by Gasteiger charge is 2.28. The van der Waals surface area contributed by atoms with Gasteiger partial charge in [-0.2, -0.15) is 0 Å². The fraction of sp³-hybridized carbons (Fsp3) is 0.575. The molecule has 0 aromatic heterocycles. The van der Waals surface area contributed by atoms with Crippen molar-refractivity contribution >= 4 is 25.7 Å². The van der Waals surface area contributed by atoms with Crippen LogP contribution in [0.4, 0.5) is 0 Å². The van der Waals surface area contributed by atoms with Gasteiger partial charge in [-0.3, -0.25) is 18.6 Å². The third-order valence-corrected chi connectivity index (χ3v) is 8.15. The first-order chi connectivity index (χ1) is 25.1. The molecule has 0 spiro atoms. The highest BCUT2D eigenvalue weighted by molar-refractivity contribution is 7.47. The molecule has 0 aliphatic carbocycles. The van der Waals surface area contributed by atoms with E-state index >= 15 is 0 Å². The van der Waals surface area contributed by atoms with Gasteiger partial charge in [0.25, 0.3) is 0 Å². The number of carbonyl (C=O) groups is 3. The maximum atomic E-state index is 12.2. The summed E-state index contributed by atoms with van der Waals surface area (Å²) in [6.07, 6.45) is 41.1. The average Bonchev–Trinajstić information content (AvgIpc) is 3.11. The molecule has 0 saturated heterocycles. The van der Waals surface area contributed by atoms with Crippen molar-refractivity contribution in [3.8, 4) is 0 Å². The Labute approximate surface area is 311 Å². The Morgan fingerprint density at radius 1 is 0.635 bits per heavy atom. The Balaban J connectivity index is 4.09. The van der Waals surface area contributed by atoms with Gasteiger partial charge in [0.05, 0.1) is 13.2 Å². The molecule has 0 aliphatic rings. The van der Waals surface area contributed by atoms with Gasteiger partial charge >= 0.3 is 19.8 Å². The zero-order chi connectivity index (χ0) is 38.5. The van der Waals surface area contributed by atoms with Crippen molar-refractivity contribution < 1.29 is 47.8 Å². The molecule has 0 saturated carbocycles. The van der Waals surface area contributed by atoms with E-state index < -0.39 is 57.6 Å². The molecule has 0 radical (unpaired) electrons. The molecular formula is C40H64NO10P. The number of allylic oxidation sites excluding steroid dienone is 14. The second-order valence-electron chi connectivity index (χ2n) is 12.0. The molecule has 0 fully saturated rings. The summed E-state index contributed by atoms with van der Waals surface area (Å²) in [4.78, 5) is 45.4. The Bertz CT molecular complexity index is 1200. The minimum Gasteiger partial charge on any atom is -0.480 e. The molecule has 52 heavy (non-hydrogen) atoms. The van der Waals surface area contributed by atoms with Crippen molar-refractivity contribution in [3.63, 3.8) is 0 Å². The molecule has 3 atom stereocenters. The fourth-order valence-corrected chi connectivity index (χ4v) is 5.07. The number of nitrogens with one attached hydrogen (secondary N) is 1. The van der Waals surface area contributed by atoms with E-state index in [-0.39, 0.29) is 12.8 Å². The minimum absolute atomic E-state index is 0.0605. The standard InChI is InChI=1S/C40H64NO10P/c1-3-5-7-9-10-11-12-13-14-15-16-17-18-19-20-21-22-23-24-25-26-28-29-31-38(43)41-37(40(45)46)35-51-52(47,48)50-34-36(42)33-49-39(44)32-30-27-8-6-4-2/h5,7,10-11,13-14,16-17,19-20,22-23,25-26,36-37,42H,3-4,6,8-9,12,15,18,21,24,27-35H2,1-2H3,(H,41,43)(H,45,46)(H,47,48)/b7-5-,11-10-,14-13-,17-16-,20-19-,23-22-,26-25-. The van der Waals surface area contributed by atoms with E-state index in [1.54, 1.807) is 0 Å². The summed E-state index contributed by atoms with van der Waals surface area (Å²) >= 11 is 0. The quantitative estimate of drug-likeness (QED) is 0.0220. The molecule has 0 heterocycles. The lowest BCUT2D eigenvalue weighted by Crippen LogP contribution is -2.43. The molecule has 0 aromatic rings. The molecule has 3 unspecified atom stereocenters. The van der Waals surface area contributed by atoms with E-state index in [9.17, 15) is 34.1 Å². The van der Waals surface area contributed by atoms with Gasteiger partial charge in [-0.25, -0.2) is 9.36 Å². The first kappa shape index (κ1) is 48.7. The number of rotatable bonds is 33. The van der Waals surface area contributed by atoms with Crippen LogP contribution >= 0.6 is 7.82 Å². The summed E-state index contributed by atoms with van der Waals surface area (Å²) in [6.45, 7) is 2.28. The molecule has 0 rings (SSSR count). The summed E-state index contributed by atoms with van der Waals surface area (Å²) < 4.78 is 26.5. The monoisotopic (exact) mass is 749 g/mol. The van der Waals surface area contributed by atoms with Gasteiger partial charge in [-0.1, -0.05) is 125 Å². The van der Waals surface area contributed by atoms with Crippen molar-refractivity contribution in [3.05, 3.63) is 85.1 Å². The summed E-state index contributed by atoms with van der Waals surface area (Å²) in [5, 5.41) is 21.6. The van der Waals surface area contributed by atoms with Crippen LogP contribution in [0, 0.1) is 0 Å². The predicted molar refractivity (Wildman–Crippen MR) is 207 cm³/mol. The number of carbonyl (C=O) groups excluding carboxylic acids is 2. The van der Waals surface area contributed by atoms with Gasteiger partial charge in [-0.05, 0) is 64.2 Å². The number of aliphatic carboxylic acids is 1. The smallest absolute Gasteiger partial charge is 0.472 e. The fourth-order valence-electron chi connectivity index (χ4n) is 4.30. The van der Waals surface area contributed by atoms with Gasteiger partial charge in [0.2, 0.25) is 5.91 Å². The maximum Gasteiger partial charge on any atom is 0.472 e. The molecule has 0 aliphatic heterocycles. The Kier molecular flexibility index (Phi) is 32.5. The van der Waals surface area contributed by atoms with E-state index in [1.165, 1.54) is 0 Å². The van der Waals surface area contributed by atoms with Crippen molar-refractivity contribution in [1.29, 1.82) is 0 Å². The van der Waals surface area contributed by atoms with Crippen molar-refractivity contribution in [2.45, 2.75) is 129 Å². The largest absolute Gasteiger partial charge is 0.480 e. The first-order valence-corrected chi connectivity index (χ1v) is 20.1.